The van der Waals surface area contributed by atoms with Gasteiger partial charge in [-0.25, -0.2) is 0 Å². The van der Waals surface area contributed by atoms with E-state index >= 15 is 0 Å². The van der Waals surface area contributed by atoms with E-state index in [2.05, 4.69) is 29.2 Å². The van der Waals surface area contributed by atoms with Crippen LogP contribution in [0.3, 0.4) is 0 Å². The molecule has 0 spiro atoms. The van der Waals surface area contributed by atoms with Crippen molar-refractivity contribution in [1.29, 1.82) is 0 Å². The van der Waals surface area contributed by atoms with Crippen LogP contribution in [0.5, 0.6) is 0 Å². The van der Waals surface area contributed by atoms with Crippen molar-refractivity contribution in [1.82, 2.24) is 14.7 Å². The summed E-state index contributed by atoms with van der Waals surface area (Å²) in [5.41, 5.74) is 1.32. The van der Waals surface area contributed by atoms with Crippen LogP contribution in [0.4, 0.5) is 0 Å². The molecule has 0 bridgehead atoms. The fourth-order valence-electron chi connectivity index (χ4n) is 5.04. The third-order valence-corrected chi connectivity index (χ3v) is 6.68. The average molecular weight is 384 g/mol. The fourth-order valence-corrected chi connectivity index (χ4v) is 5.04. The first-order valence-corrected chi connectivity index (χ1v) is 11.0. The molecule has 0 aromatic heterocycles. The van der Waals surface area contributed by atoms with Crippen LogP contribution in [-0.2, 0) is 16.1 Å². The van der Waals surface area contributed by atoms with Crippen molar-refractivity contribution in [2.75, 3.05) is 39.3 Å². The highest BCUT2D eigenvalue weighted by atomic mass is 16.2. The number of piperidine rings is 2. The van der Waals surface area contributed by atoms with Crippen LogP contribution in [0.2, 0.25) is 0 Å². The second kappa shape index (κ2) is 9.08. The number of carbonyl (C=O) groups excluding carboxylic acids is 2. The van der Waals surface area contributed by atoms with Gasteiger partial charge in [-0.05, 0) is 50.6 Å². The van der Waals surface area contributed by atoms with Gasteiger partial charge in [-0.1, -0.05) is 30.3 Å². The molecule has 28 heavy (non-hydrogen) atoms. The topological polar surface area (TPSA) is 43.9 Å². The van der Waals surface area contributed by atoms with Crippen LogP contribution in [0.25, 0.3) is 0 Å². The molecule has 0 N–H and O–H groups in total. The Labute approximate surface area is 168 Å². The van der Waals surface area contributed by atoms with Crippen molar-refractivity contribution in [2.45, 2.75) is 45.1 Å². The van der Waals surface area contributed by atoms with E-state index in [1.165, 1.54) is 5.56 Å². The Bertz CT molecular complexity index is 664. The maximum atomic E-state index is 13.1. The second-order valence-corrected chi connectivity index (χ2v) is 8.69. The third-order valence-electron chi connectivity index (χ3n) is 6.68. The van der Waals surface area contributed by atoms with Gasteiger partial charge in [-0.2, -0.15) is 0 Å². The maximum absolute atomic E-state index is 13.1. The van der Waals surface area contributed by atoms with Gasteiger partial charge in [0.05, 0.1) is 5.92 Å². The fraction of sp³-hybridized carbons (Fsp3) is 0.652. The molecule has 152 valence electrons. The molecule has 3 aliphatic heterocycles. The number of likely N-dealkylation sites (tertiary alicyclic amines) is 3. The van der Waals surface area contributed by atoms with E-state index in [-0.39, 0.29) is 11.8 Å². The first-order valence-electron chi connectivity index (χ1n) is 11.0. The summed E-state index contributed by atoms with van der Waals surface area (Å²) in [6.07, 6.45) is 6.04. The number of rotatable bonds is 4. The molecule has 3 aliphatic rings. The Morgan fingerprint density at radius 3 is 2.11 bits per heavy atom. The minimum Gasteiger partial charge on any atom is -0.342 e. The molecule has 0 radical (unpaired) electrons. The largest absolute Gasteiger partial charge is 0.342 e. The first kappa shape index (κ1) is 19.4. The number of hydrogen-bond donors (Lipinski definition) is 0. The van der Waals surface area contributed by atoms with E-state index in [4.69, 9.17) is 0 Å². The highest BCUT2D eigenvalue weighted by Gasteiger charge is 2.34. The van der Waals surface area contributed by atoms with Crippen LogP contribution >= 0.6 is 0 Å². The molecule has 3 saturated heterocycles. The Morgan fingerprint density at radius 1 is 0.750 bits per heavy atom. The van der Waals surface area contributed by atoms with E-state index in [1.807, 2.05) is 15.9 Å². The summed E-state index contributed by atoms with van der Waals surface area (Å²) in [5.74, 6) is 0.882. The van der Waals surface area contributed by atoms with E-state index in [1.54, 1.807) is 0 Å². The van der Waals surface area contributed by atoms with Crippen LogP contribution in [0.1, 0.15) is 44.1 Å². The second-order valence-electron chi connectivity index (χ2n) is 8.69. The molecule has 1 atom stereocenters. The molecule has 2 amide bonds. The van der Waals surface area contributed by atoms with Crippen molar-refractivity contribution < 1.29 is 9.59 Å². The van der Waals surface area contributed by atoms with Crippen molar-refractivity contribution in [2.24, 2.45) is 11.8 Å². The van der Waals surface area contributed by atoms with Gasteiger partial charge < -0.3 is 9.80 Å². The smallest absolute Gasteiger partial charge is 0.226 e. The average Bonchev–Trinajstić information content (AvgIpc) is 3.29. The van der Waals surface area contributed by atoms with Crippen molar-refractivity contribution in [3.05, 3.63) is 35.9 Å². The van der Waals surface area contributed by atoms with Gasteiger partial charge in [0, 0.05) is 45.2 Å². The van der Waals surface area contributed by atoms with Gasteiger partial charge in [-0.3, -0.25) is 14.5 Å². The van der Waals surface area contributed by atoms with Gasteiger partial charge in [0.1, 0.15) is 0 Å². The predicted octanol–water partition coefficient (Wildman–Crippen LogP) is 2.76. The molecule has 3 heterocycles. The molecule has 1 unspecified atom stereocenters. The van der Waals surface area contributed by atoms with Crippen molar-refractivity contribution in [3.63, 3.8) is 0 Å². The van der Waals surface area contributed by atoms with Crippen LogP contribution in [0, 0.1) is 11.8 Å². The summed E-state index contributed by atoms with van der Waals surface area (Å²) in [6.45, 7) is 6.22. The van der Waals surface area contributed by atoms with Gasteiger partial charge >= 0.3 is 0 Å². The predicted molar refractivity (Wildman–Crippen MR) is 110 cm³/mol. The Kier molecular flexibility index (Phi) is 6.30. The maximum Gasteiger partial charge on any atom is 0.226 e. The SMILES string of the molecule is O=C(C1CCN(C(=O)C2CCCN(Cc3ccccc3)C2)CC1)N1CCCC1. The number of benzene rings is 1. The molecule has 0 saturated carbocycles. The zero-order chi connectivity index (χ0) is 19.3. The monoisotopic (exact) mass is 383 g/mol. The number of carbonyl (C=O) groups is 2. The van der Waals surface area contributed by atoms with Gasteiger partial charge in [0.15, 0.2) is 0 Å². The standard InChI is InChI=1S/C23H33N3O2/c27-22(25-13-4-5-14-25)20-10-15-26(16-11-20)23(28)21-9-6-12-24(18-21)17-19-7-2-1-3-8-19/h1-3,7-8,20-21H,4-6,9-18H2. The number of nitrogens with zero attached hydrogens (tertiary/aromatic N) is 3. The Hall–Kier alpha value is -1.88. The quantitative estimate of drug-likeness (QED) is 0.803. The molecule has 4 rings (SSSR count). The lowest BCUT2D eigenvalue weighted by Crippen LogP contribution is -2.48. The highest BCUT2D eigenvalue weighted by molar-refractivity contribution is 5.81. The molecule has 5 heteroatoms. The van der Waals surface area contributed by atoms with Gasteiger partial charge in [0.25, 0.3) is 0 Å². The van der Waals surface area contributed by atoms with Gasteiger partial charge in [-0.15, -0.1) is 0 Å². The minimum absolute atomic E-state index is 0.114. The Balaban J connectivity index is 1.27. The van der Waals surface area contributed by atoms with Crippen LogP contribution < -0.4 is 0 Å². The minimum atomic E-state index is 0.114. The van der Waals surface area contributed by atoms with E-state index in [9.17, 15) is 9.59 Å². The summed E-state index contributed by atoms with van der Waals surface area (Å²) in [4.78, 5) is 32.2. The summed E-state index contributed by atoms with van der Waals surface area (Å²) < 4.78 is 0. The zero-order valence-electron chi connectivity index (χ0n) is 16.9. The molecule has 1 aromatic carbocycles. The summed E-state index contributed by atoms with van der Waals surface area (Å²) in [6, 6.07) is 10.5. The molecule has 3 fully saturated rings. The van der Waals surface area contributed by atoms with Crippen molar-refractivity contribution >= 4 is 11.8 Å². The zero-order valence-corrected chi connectivity index (χ0v) is 16.9. The summed E-state index contributed by atoms with van der Waals surface area (Å²) in [5, 5.41) is 0. The molecule has 5 nitrogen and oxygen atoms in total. The number of hydrogen-bond acceptors (Lipinski definition) is 3. The third kappa shape index (κ3) is 4.57. The number of amides is 2. The van der Waals surface area contributed by atoms with Crippen molar-refractivity contribution in [3.8, 4) is 0 Å². The van der Waals surface area contributed by atoms with Gasteiger partial charge in [0.2, 0.25) is 11.8 Å². The van der Waals surface area contributed by atoms with Crippen LogP contribution in [0.15, 0.2) is 30.3 Å². The normalized spacial score (nSPS) is 24.5. The van der Waals surface area contributed by atoms with E-state index in [0.717, 1.165) is 84.3 Å². The van der Waals surface area contributed by atoms with E-state index in [0.29, 0.717) is 11.8 Å². The summed E-state index contributed by atoms with van der Waals surface area (Å²) in [7, 11) is 0. The lowest BCUT2D eigenvalue weighted by molar-refractivity contribution is -0.143. The van der Waals surface area contributed by atoms with Crippen LogP contribution in [-0.4, -0.2) is 65.8 Å². The molecule has 0 aliphatic carbocycles. The Morgan fingerprint density at radius 2 is 1.39 bits per heavy atom. The highest BCUT2D eigenvalue weighted by Crippen LogP contribution is 2.26. The molecular weight excluding hydrogens is 350 g/mol. The first-order chi connectivity index (χ1) is 13.7. The molecule has 1 aromatic rings. The molecular formula is C23H33N3O2. The lowest BCUT2D eigenvalue weighted by Gasteiger charge is -2.38. The van der Waals surface area contributed by atoms with E-state index < -0.39 is 0 Å². The summed E-state index contributed by atoms with van der Waals surface area (Å²) >= 11 is 0. The lowest BCUT2D eigenvalue weighted by atomic mass is 9.92.